The van der Waals surface area contributed by atoms with E-state index in [4.69, 9.17) is 0 Å². The van der Waals surface area contributed by atoms with E-state index in [-0.39, 0.29) is 18.6 Å². The Labute approximate surface area is 66.4 Å². The molecule has 1 fully saturated rings. The number of hydrogen-bond acceptors (Lipinski definition) is 2. The summed E-state index contributed by atoms with van der Waals surface area (Å²) in [4.78, 5) is 3.95. The van der Waals surface area contributed by atoms with Gasteiger partial charge in [0.05, 0.1) is 6.33 Å². The van der Waals surface area contributed by atoms with E-state index in [1.807, 2.05) is 18.7 Å². The Bertz CT molecular complexity index is 169. The fraction of sp³-hybridized carbons (Fsp3) is 0.500. The van der Waals surface area contributed by atoms with Crippen LogP contribution in [-0.4, -0.2) is 9.55 Å². The van der Waals surface area contributed by atoms with E-state index in [1.54, 1.807) is 0 Å². The molecule has 10 heavy (non-hydrogen) atoms. The number of aromatic nitrogens is 2. The van der Waals surface area contributed by atoms with Crippen molar-refractivity contribution in [3.63, 3.8) is 0 Å². The highest BCUT2D eigenvalue weighted by molar-refractivity contribution is 5.85. The molecule has 1 saturated carbocycles. The topological polar surface area (TPSA) is 52.8 Å². The maximum atomic E-state index is 3.95. The Morgan fingerprint density at radius 1 is 1.40 bits per heavy atom. The van der Waals surface area contributed by atoms with Gasteiger partial charge < -0.3 is 10.7 Å². The lowest BCUT2D eigenvalue weighted by Gasteiger charge is -1.91. The third-order valence-corrected chi connectivity index (χ3v) is 1.49. The Morgan fingerprint density at radius 2 is 2.10 bits per heavy atom. The van der Waals surface area contributed by atoms with Crippen molar-refractivity contribution >= 4 is 12.4 Å². The largest absolute Gasteiger partial charge is 0.344 e. The lowest BCUT2D eigenvalue weighted by molar-refractivity contribution is 0.740. The van der Waals surface area contributed by atoms with E-state index in [0.717, 1.165) is 6.04 Å². The van der Waals surface area contributed by atoms with Crippen LogP contribution in [0.5, 0.6) is 0 Å². The van der Waals surface area contributed by atoms with Crippen molar-refractivity contribution in [1.82, 2.24) is 15.7 Å². The zero-order chi connectivity index (χ0) is 5.40. The van der Waals surface area contributed by atoms with E-state index in [9.17, 15) is 0 Å². The lowest BCUT2D eigenvalue weighted by Crippen LogP contribution is -1.85. The molecule has 0 radical (unpaired) electrons. The molecule has 1 aliphatic carbocycles. The van der Waals surface area contributed by atoms with Gasteiger partial charge in [0.2, 0.25) is 0 Å². The van der Waals surface area contributed by atoms with Gasteiger partial charge in [0.15, 0.2) is 0 Å². The molecular formula is C6H12ClN3. The van der Waals surface area contributed by atoms with E-state index in [0.29, 0.717) is 0 Å². The number of hydrogen-bond donors (Lipinski definition) is 1. The Kier molecular flexibility index (Phi) is 3.39. The first-order valence-electron chi connectivity index (χ1n) is 2.94. The number of rotatable bonds is 1. The maximum Gasteiger partial charge on any atom is 0.0948 e. The summed E-state index contributed by atoms with van der Waals surface area (Å²) >= 11 is 0. The van der Waals surface area contributed by atoms with Gasteiger partial charge >= 0.3 is 0 Å². The fourth-order valence-corrected chi connectivity index (χ4v) is 0.858. The summed E-state index contributed by atoms with van der Waals surface area (Å²) in [6.45, 7) is 0. The Balaban J connectivity index is 0.000000405. The van der Waals surface area contributed by atoms with Crippen LogP contribution in [0, 0.1) is 0 Å². The first-order valence-corrected chi connectivity index (χ1v) is 2.94. The van der Waals surface area contributed by atoms with Crippen LogP contribution in [-0.2, 0) is 0 Å². The molecule has 58 valence electrons. The molecule has 1 aromatic heterocycles. The molecule has 3 N–H and O–H groups in total. The van der Waals surface area contributed by atoms with Crippen LogP contribution < -0.4 is 6.15 Å². The van der Waals surface area contributed by atoms with Crippen LogP contribution in [0.2, 0.25) is 0 Å². The molecule has 4 heteroatoms. The Hall–Kier alpha value is -0.540. The monoisotopic (exact) mass is 161 g/mol. The smallest absolute Gasteiger partial charge is 0.0948 e. The van der Waals surface area contributed by atoms with E-state index < -0.39 is 0 Å². The highest BCUT2D eigenvalue weighted by Crippen LogP contribution is 2.33. The van der Waals surface area contributed by atoms with E-state index in [2.05, 4.69) is 9.55 Å². The molecule has 0 amide bonds. The van der Waals surface area contributed by atoms with Crippen molar-refractivity contribution in [2.75, 3.05) is 0 Å². The molecule has 0 aliphatic heterocycles. The van der Waals surface area contributed by atoms with Crippen molar-refractivity contribution in [1.29, 1.82) is 0 Å². The molecule has 0 unspecified atom stereocenters. The SMILES string of the molecule is Cl.N.c1cn(C2CC2)cn1. The van der Waals surface area contributed by atoms with Crippen LogP contribution in [0.3, 0.4) is 0 Å². The molecule has 2 rings (SSSR count). The Morgan fingerprint density at radius 3 is 2.50 bits per heavy atom. The van der Waals surface area contributed by atoms with Crippen LogP contribution >= 0.6 is 12.4 Å². The molecule has 0 saturated heterocycles. The van der Waals surface area contributed by atoms with E-state index >= 15 is 0 Å². The minimum Gasteiger partial charge on any atom is -0.344 e. The summed E-state index contributed by atoms with van der Waals surface area (Å²) < 4.78 is 2.17. The molecule has 1 aromatic rings. The third kappa shape index (κ3) is 1.72. The van der Waals surface area contributed by atoms with Crippen molar-refractivity contribution < 1.29 is 0 Å². The normalized spacial score (nSPS) is 15.2. The molecule has 1 heterocycles. The summed E-state index contributed by atoms with van der Waals surface area (Å²) in [6, 6.07) is 0.789. The second kappa shape index (κ2) is 3.58. The van der Waals surface area contributed by atoms with Gasteiger partial charge in [-0.25, -0.2) is 4.98 Å². The van der Waals surface area contributed by atoms with Gasteiger partial charge in [0, 0.05) is 18.4 Å². The lowest BCUT2D eigenvalue weighted by atomic mass is 10.7. The van der Waals surface area contributed by atoms with E-state index in [1.165, 1.54) is 12.8 Å². The van der Waals surface area contributed by atoms with Gasteiger partial charge in [0.25, 0.3) is 0 Å². The van der Waals surface area contributed by atoms with Crippen LogP contribution in [0.4, 0.5) is 0 Å². The number of halogens is 1. The summed E-state index contributed by atoms with van der Waals surface area (Å²) in [5.41, 5.74) is 0. The van der Waals surface area contributed by atoms with Gasteiger partial charge in [-0.3, -0.25) is 0 Å². The number of nitrogens with zero attached hydrogens (tertiary/aromatic N) is 2. The van der Waals surface area contributed by atoms with Crippen molar-refractivity contribution in [2.45, 2.75) is 18.9 Å². The predicted molar refractivity (Wildman–Crippen MR) is 42.8 cm³/mol. The van der Waals surface area contributed by atoms with Crippen LogP contribution in [0.15, 0.2) is 18.7 Å². The second-order valence-electron chi connectivity index (χ2n) is 2.24. The van der Waals surface area contributed by atoms with Gasteiger partial charge in [-0.2, -0.15) is 0 Å². The molecule has 3 nitrogen and oxygen atoms in total. The first kappa shape index (κ1) is 9.46. The zero-order valence-electron chi connectivity index (χ0n) is 5.73. The third-order valence-electron chi connectivity index (χ3n) is 1.49. The highest BCUT2D eigenvalue weighted by atomic mass is 35.5. The first-order chi connectivity index (χ1) is 3.97. The van der Waals surface area contributed by atoms with Gasteiger partial charge in [0.1, 0.15) is 0 Å². The molecule has 0 bridgehead atoms. The molecular weight excluding hydrogens is 150 g/mol. The number of imidazole rings is 1. The fourth-order valence-electron chi connectivity index (χ4n) is 0.858. The minimum absolute atomic E-state index is 0. The van der Waals surface area contributed by atoms with Crippen molar-refractivity contribution in [3.05, 3.63) is 18.7 Å². The average molecular weight is 162 g/mol. The molecule has 0 spiro atoms. The van der Waals surface area contributed by atoms with Crippen molar-refractivity contribution in [2.24, 2.45) is 0 Å². The standard InChI is InChI=1S/C6H8N2.ClH.H3N/c1-2-6(1)8-4-3-7-5-8;;/h3-6H,1-2H2;1H;1H3. The predicted octanol–water partition coefficient (Wildman–Crippen LogP) is 1.80. The van der Waals surface area contributed by atoms with Gasteiger partial charge in [-0.15, -0.1) is 12.4 Å². The molecule has 0 atom stereocenters. The van der Waals surface area contributed by atoms with Gasteiger partial charge in [-0.1, -0.05) is 0 Å². The van der Waals surface area contributed by atoms with Crippen LogP contribution in [0.25, 0.3) is 0 Å². The van der Waals surface area contributed by atoms with Crippen LogP contribution in [0.1, 0.15) is 18.9 Å². The second-order valence-corrected chi connectivity index (χ2v) is 2.24. The highest BCUT2D eigenvalue weighted by Gasteiger charge is 2.21. The van der Waals surface area contributed by atoms with Gasteiger partial charge in [-0.05, 0) is 12.8 Å². The molecule has 0 aromatic carbocycles. The summed E-state index contributed by atoms with van der Waals surface area (Å²) in [5.74, 6) is 0. The summed E-state index contributed by atoms with van der Waals surface area (Å²) in [5, 5.41) is 0. The quantitative estimate of drug-likeness (QED) is 0.683. The maximum absolute atomic E-state index is 3.95. The van der Waals surface area contributed by atoms with Crippen molar-refractivity contribution in [3.8, 4) is 0 Å². The molecule has 1 aliphatic rings. The zero-order valence-corrected chi connectivity index (χ0v) is 6.55. The minimum atomic E-state index is 0. The summed E-state index contributed by atoms with van der Waals surface area (Å²) in [6.07, 6.45) is 8.43. The average Bonchev–Trinajstić information content (AvgIpc) is 2.49. The summed E-state index contributed by atoms with van der Waals surface area (Å²) in [7, 11) is 0.